The molecule has 40 heavy (non-hydrogen) atoms. The third kappa shape index (κ3) is 6.01. The predicted octanol–water partition coefficient (Wildman–Crippen LogP) is 9.08. The molecule has 1 aromatic rings. The minimum atomic E-state index is -0.133. The number of aliphatic hydroxyl groups excluding tert-OH is 1. The summed E-state index contributed by atoms with van der Waals surface area (Å²) in [6, 6.07) is 11.0. The van der Waals surface area contributed by atoms with Gasteiger partial charge in [0.15, 0.2) is 0 Å². The molecule has 2 nitrogen and oxygen atoms in total. The van der Waals surface area contributed by atoms with Gasteiger partial charge in [-0.3, -0.25) is 0 Å². The van der Waals surface area contributed by atoms with Crippen LogP contribution in [0.5, 0.6) is 0 Å². The first kappa shape index (κ1) is 30.3. The smallest absolute Gasteiger partial charge is 0.100 e. The standard InChI is InChI=1S/C38H62NO/c1-27(2)12-11-13-28(3)33-16-17-34-32-24-30(26-39(6,7)23-20-29-14-9-8-10-15-29)36-25-31(40)18-21-38(36,5)35(32)19-22-37(33,34)4/h8-10,14-15,27-28,31-35,40H,11-13,16-26H2,1-7H3/q+1/t28-,31+,32+,33-,34+,35+,37-,38-/m1/s1. The van der Waals surface area contributed by atoms with Crippen molar-refractivity contribution in [2.45, 2.75) is 118 Å². The van der Waals surface area contributed by atoms with Crippen LogP contribution in [0.2, 0.25) is 0 Å². The van der Waals surface area contributed by atoms with Gasteiger partial charge in [-0.2, -0.15) is 0 Å². The zero-order chi connectivity index (χ0) is 28.7. The average Bonchev–Trinajstić information content (AvgIpc) is 3.26. The van der Waals surface area contributed by atoms with Gasteiger partial charge in [-0.1, -0.05) is 89.8 Å². The molecule has 0 aromatic heterocycles. The van der Waals surface area contributed by atoms with Crippen molar-refractivity contribution in [2.24, 2.45) is 46.3 Å². The first-order chi connectivity index (χ1) is 18.9. The number of hydrogen-bond donors (Lipinski definition) is 1. The van der Waals surface area contributed by atoms with Gasteiger partial charge in [-0.15, -0.1) is 0 Å². The number of benzene rings is 1. The Morgan fingerprint density at radius 1 is 0.900 bits per heavy atom. The first-order valence-electron chi connectivity index (χ1n) is 17.2. The van der Waals surface area contributed by atoms with Gasteiger partial charge < -0.3 is 9.59 Å². The summed E-state index contributed by atoms with van der Waals surface area (Å²) in [5, 5.41) is 10.9. The van der Waals surface area contributed by atoms with Crippen LogP contribution in [0.15, 0.2) is 41.5 Å². The Hall–Kier alpha value is -1.12. The highest BCUT2D eigenvalue weighted by atomic mass is 16.3. The van der Waals surface area contributed by atoms with Gasteiger partial charge in [0.25, 0.3) is 0 Å². The summed E-state index contributed by atoms with van der Waals surface area (Å²) in [5.41, 5.74) is 5.73. The average molecular weight is 549 g/mol. The van der Waals surface area contributed by atoms with Gasteiger partial charge in [0.2, 0.25) is 0 Å². The normalized spacial score (nSPS) is 36.8. The molecule has 0 amide bonds. The first-order valence-corrected chi connectivity index (χ1v) is 17.2. The number of quaternary nitrogens is 1. The van der Waals surface area contributed by atoms with E-state index in [2.05, 4.69) is 79.0 Å². The van der Waals surface area contributed by atoms with Gasteiger partial charge in [0, 0.05) is 6.42 Å². The largest absolute Gasteiger partial charge is 0.393 e. The van der Waals surface area contributed by atoms with Gasteiger partial charge in [-0.25, -0.2) is 0 Å². The summed E-state index contributed by atoms with van der Waals surface area (Å²) in [7, 11) is 4.91. The monoisotopic (exact) mass is 548 g/mol. The number of nitrogens with zero attached hydrogens (tertiary/aromatic N) is 1. The second-order valence-corrected chi connectivity index (χ2v) is 16.6. The van der Waals surface area contributed by atoms with Crippen LogP contribution < -0.4 is 0 Å². The lowest BCUT2D eigenvalue weighted by Crippen LogP contribution is -2.53. The zero-order valence-corrected chi connectivity index (χ0v) is 27.2. The Balaban J connectivity index is 1.37. The van der Waals surface area contributed by atoms with Crippen LogP contribution in [-0.2, 0) is 6.42 Å². The molecular formula is C38H62NO+. The van der Waals surface area contributed by atoms with Gasteiger partial charge in [0.05, 0.1) is 26.7 Å². The highest BCUT2D eigenvalue weighted by Gasteiger charge is 2.60. The molecule has 0 aliphatic heterocycles. The van der Waals surface area contributed by atoms with E-state index in [-0.39, 0.29) is 6.10 Å². The molecule has 0 radical (unpaired) electrons. The Morgan fingerprint density at radius 2 is 1.65 bits per heavy atom. The summed E-state index contributed by atoms with van der Waals surface area (Å²) in [4.78, 5) is 0. The van der Waals surface area contributed by atoms with E-state index in [1.54, 1.807) is 11.1 Å². The van der Waals surface area contributed by atoms with E-state index in [1.807, 2.05) is 0 Å². The molecular weight excluding hydrogens is 486 g/mol. The van der Waals surface area contributed by atoms with Crippen LogP contribution >= 0.6 is 0 Å². The molecule has 4 aliphatic carbocycles. The molecule has 8 atom stereocenters. The minimum Gasteiger partial charge on any atom is -0.393 e. The van der Waals surface area contributed by atoms with Crippen molar-refractivity contribution in [3.05, 3.63) is 47.0 Å². The van der Waals surface area contributed by atoms with E-state index < -0.39 is 0 Å². The Labute approximate surface area is 247 Å². The summed E-state index contributed by atoms with van der Waals surface area (Å²) in [6.07, 6.45) is 15.5. The van der Waals surface area contributed by atoms with Crippen LogP contribution in [0.3, 0.4) is 0 Å². The summed E-state index contributed by atoms with van der Waals surface area (Å²) < 4.78 is 1.05. The number of rotatable bonds is 10. The van der Waals surface area contributed by atoms with Crippen molar-refractivity contribution >= 4 is 0 Å². The van der Waals surface area contributed by atoms with Crippen molar-refractivity contribution < 1.29 is 9.59 Å². The molecule has 5 rings (SSSR count). The van der Waals surface area contributed by atoms with Crippen LogP contribution in [0.1, 0.15) is 111 Å². The molecule has 0 unspecified atom stereocenters. The molecule has 224 valence electrons. The van der Waals surface area contributed by atoms with Crippen molar-refractivity contribution in [3.8, 4) is 0 Å². The Kier molecular flexibility index (Phi) is 9.00. The summed E-state index contributed by atoms with van der Waals surface area (Å²) in [5.74, 6) is 5.18. The molecule has 4 aliphatic rings. The van der Waals surface area contributed by atoms with Crippen LogP contribution in [0.25, 0.3) is 0 Å². The lowest BCUT2D eigenvalue weighted by atomic mass is 9.46. The highest BCUT2D eigenvalue weighted by Crippen LogP contribution is 2.68. The SMILES string of the molecule is CC(C)CCC[C@@H](C)[C@H]1CC[C@H]2[C@@H]3CC(C[N+](C)(C)CCc4ccccc4)=C4C[C@@H](O)CC[C@]4(C)[C@H]3CC[C@]12C. The van der Waals surface area contributed by atoms with E-state index in [0.29, 0.717) is 10.8 Å². The number of likely N-dealkylation sites (N-methyl/N-ethyl adjacent to an activating group) is 1. The van der Waals surface area contributed by atoms with Crippen molar-refractivity contribution in [1.82, 2.24) is 0 Å². The molecule has 1 N–H and O–H groups in total. The lowest BCUT2D eigenvalue weighted by molar-refractivity contribution is -0.885. The maximum absolute atomic E-state index is 10.9. The van der Waals surface area contributed by atoms with E-state index in [4.69, 9.17) is 0 Å². The quantitative estimate of drug-likeness (QED) is 0.228. The molecule has 3 saturated carbocycles. The Bertz CT molecular complexity index is 1030. The van der Waals surface area contributed by atoms with Crippen molar-refractivity contribution in [3.63, 3.8) is 0 Å². The second kappa shape index (κ2) is 11.9. The fourth-order valence-corrected chi connectivity index (χ4v) is 10.8. The van der Waals surface area contributed by atoms with Crippen molar-refractivity contribution in [2.75, 3.05) is 27.2 Å². The van der Waals surface area contributed by atoms with Crippen LogP contribution in [0.4, 0.5) is 0 Å². The van der Waals surface area contributed by atoms with Gasteiger partial charge in [0.1, 0.15) is 6.54 Å². The van der Waals surface area contributed by atoms with Crippen LogP contribution in [-0.4, -0.2) is 42.9 Å². The second-order valence-electron chi connectivity index (χ2n) is 16.6. The maximum Gasteiger partial charge on any atom is 0.100 e. The Morgan fingerprint density at radius 3 is 2.38 bits per heavy atom. The fraction of sp³-hybridized carbons (Fsp3) is 0.789. The van der Waals surface area contributed by atoms with Gasteiger partial charge >= 0.3 is 0 Å². The van der Waals surface area contributed by atoms with E-state index in [9.17, 15) is 5.11 Å². The third-order valence-electron chi connectivity index (χ3n) is 13.0. The zero-order valence-electron chi connectivity index (χ0n) is 27.2. The third-order valence-corrected chi connectivity index (χ3v) is 13.0. The number of hydrogen-bond acceptors (Lipinski definition) is 1. The summed E-state index contributed by atoms with van der Waals surface area (Å²) in [6.45, 7) is 15.1. The van der Waals surface area contributed by atoms with Crippen molar-refractivity contribution in [1.29, 1.82) is 0 Å². The van der Waals surface area contributed by atoms with Gasteiger partial charge in [-0.05, 0) is 109 Å². The lowest BCUT2D eigenvalue weighted by Gasteiger charge is -2.59. The molecule has 0 heterocycles. The van der Waals surface area contributed by atoms with E-state index >= 15 is 0 Å². The van der Waals surface area contributed by atoms with E-state index in [0.717, 1.165) is 65.8 Å². The van der Waals surface area contributed by atoms with Crippen LogP contribution in [0, 0.1) is 46.3 Å². The highest BCUT2D eigenvalue weighted by molar-refractivity contribution is 5.32. The number of fused-ring (bicyclic) bond motifs is 5. The molecule has 2 heteroatoms. The predicted molar refractivity (Wildman–Crippen MR) is 170 cm³/mol. The maximum atomic E-state index is 10.9. The molecule has 0 bridgehead atoms. The fourth-order valence-electron chi connectivity index (χ4n) is 10.8. The van der Waals surface area contributed by atoms with E-state index in [1.165, 1.54) is 69.9 Å². The number of aliphatic hydroxyl groups is 1. The topological polar surface area (TPSA) is 20.2 Å². The summed E-state index contributed by atoms with van der Waals surface area (Å²) >= 11 is 0. The minimum absolute atomic E-state index is 0.133. The molecule has 3 fully saturated rings. The molecule has 0 spiro atoms. The molecule has 1 aromatic carbocycles. The molecule has 0 saturated heterocycles.